The molecular weight excluding hydrogens is 236 g/mol. The third-order valence-electron chi connectivity index (χ3n) is 4.15. The summed E-state index contributed by atoms with van der Waals surface area (Å²) in [5.74, 6) is -0.214. The van der Waals surface area contributed by atoms with Gasteiger partial charge in [0.1, 0.15) is 0 Å². The first kappa shape index (κ1) is 15.7. The van der Waals surface area contributed by atoms with Crippen molar-refractivity contribution < 1.29 is 4.79 Å². The molecule has 0 saturated heterocycles. The molecule has 0 heterocycles. The van der Waals surface area contributed by atoms with Gasteiger partial charge in [0.25, 0.3) is 0 Å². The molecule has 0 radical (unpaired) electrons. The van der Waals surface area contributed by atoms with Crippen LogP contribution in [0.1, 0.15) is 39.2 Å². The van der Waals surface area contributed by atoms with Crippen LogP contribution in [0, 0.1) is 0 Å². The molecule has 106 valence electrons. The summed E-state index contributed by atoms with van der Waals surface area (Å²) in [4.78, 5) is 14.4. The Morgan fingerprint density at radius 2 is 1.74 bits per heavy atom. The van der Waals surface area contributed by atoms with E-state index in [4.69, 9.17) is 5.73 Å². The molecule has 1 atom stereocenters. The lowest BCUT2D eigenvalue weighted by molar-refractivity contribution is -0.124. The molecule has 0 aromatic heterocycles. The Morgan fingerprint density at radius 3 is 2.16 bits per heavy atom. The van der Waals surface area contributed by atoms with Crippen LogP contribution in [0.2, 0.25) is 0 Å². The fraction of sp³-hybridized carbons (Fsp3) is 0.562. The first-order valence-corrected chi connectivity index (χ1v) is 7.18. The van der Waals surface area contributed by atoms with E-state index in [1.807, 2.05) is 37.3 Å². The fourth-order valence-electron chi connectivity index (χ4n) is 2.61. The van der Waals surface area contributed by atoms with E-state index in [2.05, 4.69) is 18.7 Å². The number of benzene rings is 1. The lowest BCUT2D eigenvalue weighted by Crippen LogP contribution is -2.43. The van der Waals surface area contributed by atoms with Crippen LogP contribution >= 0.6 is 0 Å². The molecule has 1 unspecified atom stereocenters. The van der Waals surface area contributed by atoms with E-state index in [0.717, 1.165) is 38.0 Å². The lowest BCUT2D eigenvalue weighted by atomic mass is 9.74. The molecule has 3 heteroatoms. The highest BCUT2D eigenvalue weighted by atomic mass is 16.1. The highest BCUT2D eigenvalue weighted by Crippen LogP contribution is 2.31. The quantitative estimate of drug-likeness (QED) is 0.782. The van der Waals surface area contributed by atoms with E-state index in [9.17, 15) is 4.79 Å². The Balaban J connectivity index is 2.97. The van der Waals surface area contributed by atoms with Gasteiger partial charge in [0.15, 0.2) is 0 Å². The van der Waals surface area contributed by atoms with E-state index < -0.39 is 5.41 Å². The summed E-state index contributed by atoms with van der Waals surface area (Å²) < 4.78 is 0. The minimum Gasteiger partial charge on any atom is -0.369 e. The number of carbonyl (C=O) groups excluding carboxylic acids is 1. The highest BCUT2D eigenvalue weighted by Gasteiger charge is 2.36. The second kappa shape index (κ2) is 7.29. The molecule has 19 heavy (non-hydrogen) atoms. The van der Waals surface area contributed by atoms with Crippen LogP contribution in [-0.2, 0) is 10.2 Å². The number of primary amides is 1. The summed E-state index contributed by atoms with van der Waals surface area (Å²) in [6.45, 7) is 9.24. The van der Waals surface area contributed by atoms with Gasteiger partial charge in [-0.15, -0.1) is 0 Å². The number of amides is 1. The minimum absolute atomic E-state index is 0.214. The lowest BCUT2D eigenvalue weighted by Gasteiger charge is -2.32. The zero-order valence-electron chi connectivity index (χ0n) is 12.4. The van der Waals surface area contributed by atoms with Gasteiger partial charge in [-0.1, -0.05) is 51.1 Å². The Hall–Kier alpha value is -1.35. The van der Waals surface area contributed by atoms with E-state index in [-0.39, 0.29) is 5.91 Å². The Labute approximate surface area is 116 Å². The van der Waals surface area contributed by atoms with Crippen molar-refractivity contribution in [2.75, 3.05) is 19.6 Å². The molecule has 0 aliphatic rings. The van der Waals surface area contributed by atoms with Gasteiger partial charge in [0.05, 0.1) is 5.41 Å². The van der Waals surface area contributed by atoms with Crippen LogP contribution in [0.15, 0.2) is 30.3 Å². The molecule has 1 rings (SSSR count). The molecule has 2 N–H and O–H groups in total. The van der Waals surface area contributed by atoms with Crippen LogP contribution < -0.4 is 5.73 Å². The van der Waals surface area contributed by atoms with Gasteiger partial charge in [-0.25, -0.2) is 0 Å². The Kier molecular flexibility index (Phi) is 6.03. The molecule has 0 fully saturated rings. The minimum atomic E-state index is -0.538. The topological polar surface area (TPSA) is 46.3 Å². The third-order valence-corrected chi connectivity index (χ3v) is 4.15. The van der Waals surface area contributed by atoms with Gasteiger partial charge in [-0.3, -0.25) is 4.79 Å². The molecule has 0 aliphatic heterocycles. The van der Waals surface area contributed by atoms with Crippen LogP contribution in [0.5, 0.6) is 0 Å². The molecule has 3 nitrogen and oxygen atoms in total. The van der Waals surface area contributed by atoms with Crippen molar-refractivity contribution in [1.29, 1.82) is 0 Å². The first-order chi connectivity index (χ1) is 9.10. The van der Waals surface area contributed by atoms with Gasteiger partial charge in [-0.2, -0.15) is 0 Å². The van der Waals surface area contributed by atoms with Crippen molar-refractivity contribution in [2.45, 2.75) is 39.0 Å². The van der Waals surface area contributed by atoms with E-state index >= 15 is 0 Å². The summed E-state index contributed by atoms with van der Waals surface area (Å²) in [7, 11) is 0. The van der Waals surface area contributed by atoms with Crippen LogP contribution in [0.3, 0.4) is 0 Å². The smallest absolute Gasteiger partial charge is 0.228 e. The fourth-order valence-corrected chi connectivity index (χ4v) is 2.61. The number of carbonyl (C=O) groups is 1. The molecule has 1 aromatic rings. The van der Waals surface area contributed by atoms with E-state index in [1.54, 1.807) is 0 Å². The normalized spacial score (nSPS) is 14.3. The number of hydrogen-bond acceptors (Lipinski definition) is 2. The van der Waals surface area contributed by atoms with Crippen molar-refractivity contribution in [1.82, 2.24) is 4.90 Å². The van der Waals surface area contributed by atoms with Gasteiger partial charge < -0.3 is 10.6 Å². The maximum Gasteiger partial charge on any atom is 0.228 e. The average molecular weight is 262 g/mol. The Morgan fingerprint density at radius 1 is 1.16 bits per heavy atom. The molecule has 0 bridgehead atoms. The first-order valence-electron chi connectivity index (χ1n) is 7.18. The summed E-state index contributed by atoms with van der Waals surface area (Å²) in [6.07, 6.45) is 1.53. The molecule has 0 aliphatic carbocycles. The van der Waals surface area contributed by atoms with Crippen molar-refractivity contribution in [2.24, 2.45) is 5.73 Å². The van der Waals surface area contributed by atoms with E-state index in [0.29, 0.717) is 0 Å². The second-order valence-corrected chi connectivity index (χ2v) is 4.94. The monoisotopic (exact) mass is 262 g/mol. The predicted octanol–water partition coefficient (Wildman–Crippen LogP) is 2.55. The van der Waals surface area contributed by atoms with Crippen LogP contribution in [0.4, 0.5) is 0 Å². The summed E-state index contributed by atoms with van der Waals surface area (Å²) in [5, 5.41) is 0. The highest BCUT2D eigenvalue weighted by molar-refractivity contribution is 5.86. The molecule has 0 spiro atoms. The standard InChI is InChI=1S/C16H26N2O/c1-4-16(15(17)19,12-13-18(5-2)6-3)14-10-8-7-9-11-14/h7-11H,4-6,12-13H2,1-3H3,(H2,17,19). The van der Waals surface area contributed by atoms with Crippen LogP contribution in [-0.4, -0.2) is 30.4 Å². The van der Waals surface area contributed by atoms with E-state index in [1.165, 1.54) is 0 Å². The maximum atomic E-state index is 12.0. The molecule has 0 saturated carbocycles. The van der Waals surface area contributed by atoms with Crippen molar-refractivity contribution in [3.63, 3.8) is 0 Å². The Bertz CT molecular complexity index is 387. The summed E-state index contributed by atoms with van der Waals surface area (Å²) >= 11 is 0. The van der Waals surface area contributed by atoms with Crippen molar-refractivity contribution in [3.8, 4) is 0 Å². The maximum absolute atomic E-state index is 12.0. The van der Waals surface area contributed by atoms with Crippen molar-refractivity contribution >= 4 is 5.91 Å². The SMILES string of the molecule is CCN(CC)CCC(CC)(C(N)=O)c1ccccc1. The second-order valence-electron chi connectivity index (χ2n) is 4.94. The largest absolute Gasteiger partial charge is 0.369 e. The number of rotatable bonds is 8. The van der Waals surface area contributed by atoms with Crippen LogP contribution in [0.25, 0.3) is 0 Å². The number of nitrogens with two attached hydrogens (primary N) is 1. The third kappa shape index (κ3) is 3.57. The zero-order chi connectivity index (χ0) is 14.3. The molecular formula is C16H26N2O. The molecule has 1 amide bonds. The molecule has 1 aromatic carbocycles. The number of hydrogen-bond donors (Lipinski definition) is 1. The van der Waals surface area contributed by atoms with Gasteiger partial charge in [0, 0.05) is 0 Å². The van der Waals surface area contributed by atoms with Gasteiger partial charge >= 0.3 is 0 Å². The van der Waals surface area contributed by atoms with Gasteiger partial charge in [0.2, 0.25) is 5.91 Å². The zero-order valence-corrected chi connectivity index (χ0v) is 12.4. The van der Waals surface area contributed by atoms with Gasteiger partial charge in [-0.05, 0) is 38.0 Å². The van der Waals surface area contributed by atoms with Crippen molar-refractivity contribution in [3.05, 3.63) is 35.9 Å². The summed E-state index contributed by atoms with van der Waals surface area (Å²) in [5.41, 5.74) is 6.23. The number of nitrogens with zero attached hydrogens (tertiary/aromatic N) is 1. The predicted molar refractivity (Wildman–Crippen MR) is 80.0 cm³/mol. The average Bonchev–Trinajstić information content (AvgIpc) is 2.45. The summed E-state index contributed by atoms with van der Waals surface area (Å²) in [6, 6.07) is 9.93.